The topological polar surface area (TPSA) is 87.5 Å². The summed E-state index contributed by atoms with van der Waals surface area (Å²) in [6, 6.07) is 11.7. The van der Waals surface area contributed by atoms with Crippen molar-refractivity contribution in [3.63, 3.8) is 0 Å². The van der Waals surface area contributed by atoms with Crippen LogP contribution in [0.1, 0.15) is 55.1 Å². The Hall–Kier alpha value is -2.60. The zero-order valence-electron chi connectivity index (χ0n) is 21.4. The molecule has 1 aliphatic carbocycles. The van der Waals surface area contributed by atoms with E-state index in [1.807, 2.05) is 24.3 Å². The molecule has 1 aliphatic heterocycles. The summed E-state index contributed by atoms with van der Waals surface area (Å²) in [6.45, 7) is 9.36. The molecule has 3 aromatic rings. The van der Waals surface area contributed by atoms with Crippen molar-refractivity contribution in [2.45, 2.75) is 51.6 Å². The minimum Gasteiger partial charge on any atom is -0.449 e. The van der Waals surface area contributed by atoms with E-state index in [-0.39, 0.29) is 11.7 Å². The molecule has 2 aromatic heterocycles. The van der Waals surface area contributed by atoms with Gasteiger partial charge in [-0.05, 0) is 61.4 Å². The second-order valence-corrected chi connectivity index (χ2v) is 11.3. The molecule has 1 atom stereocenters. The number of benzene rings is 1. The van der Waals surface area contributed by atoms with Gasteiger partial charge in [0.2, 0.25) is 0 Å². The van der Waals surface area contributed by atoms with Gasteiger partial charge in [0.1, 0.15) is 6.66 Å². The van der Waals surface area contributed by atoms with E-state index in [2.05, 4.69) is 27.4 Å². The molecule has 3 heterocycles. The third kappa shape index (κ3) is 7.22. The molecule has 36 heavy (non-hydrogen) atoms. The fraction of sp³-hybridized carbons (Fsp3) is 0.500. The summed E-state index contributed by atoms with van der Waals surface area (Å²) in [7, 11) is -1.34. The van der Waals surface area contributed by atoms with Crippen LogP contribution in [0.15, 0.2) is 53.2 Å². The highest BCUT2D eigenvalue weighted by atomic mass is 31.1. The fourth-order valence-electron chi connectivity index (χ4n) is 5.06. The lowest BCUT2D eigenvalue weighted by Gasteiger charge is -2.39. The van der Waals surface area contributed by atoms with Crippen LogP contribution in [0.25, 0.3) is 11.0 Å². The summed E-state index contributed by atoms with van der Waals surface area (Å²) in [5.74, 6) is 1.02. The van der Waals surface area contributed by atoms with Crippen LogP contribution in [0.2, 0.25) is 0 Å². The molecule has 0 bridgehead atoms. The molecule has 192 valence electrons. The lowest BCUT2D eigenvalue weighted by atomic mass is 9.84. The van der Waals surface area contributed by atoms with Crippen molar-refractivity contribution in [1.82, 2.24) is 20.5 Å². The normalized spacial score (nSPS) is 20.9. The number of hydrogen-bond donors (Lipinski definition) is 2. The van der Waals surface area contributed by atoms with Crippen LogP contribution in [0.4, 0.5) is 0 Å². The number of carbonyl (C=O) groups excluding carboxylic acids is 1. The molecule has 8 heteroatoms. The molecular formula is C28H38N4O3P+. The fourth-order valence-corrected chi connectivity index (χ4v) is 5.62. The summed E-state index contributed by atoms with van der Waals surface area (Å²) in [5, 5.41) is 7.88. The summed E-state index contributed by atoms with van der Waals surface area (Å²) in [5.41, 5.74) is 1.52. The molecule has 2 aliphatic rings. The van der Waals surface area contributed by atoms with E-state index in [9.17, 15) is 9.36 Å². The zero-order valence-corrected chi connectivity index (χ0v) is 22.3. The summed E-state index contributed by atoms with van der Waals surface area (Å²) in [6.07, 6.45) is 10.5. The SMILES string of the molecule is CCC1CCC(N2CCNCC2)CC1.C[P+](=O)c1ccc(CNC(=O)c2cc3ccncc3o2)cc1. The Morgan fingerprint density at radius 3 is 2.50 bits per heavy atom. The number of carbonyl (C=O) groups is 1. The van der Waals surface area contributed by atoms with E-state index in [1.165, 1.54) is 58.3 Å². The molecule has 1 aromatic carbocycles. The van der Waals surface area contributed by atoms with Gasteiger partial charge in [0.25, 0.3) is 5.91 Å². The van der Waals surface area contributed by atoms with Gasteiger partial charge >= 0.3 is 7.80 Å². The predicted molar refractivity (Wildman–Crippen MR) is 145 cm³/mol. The molecule has 1 saturated carbocycles. The van der Waals surface area contributed by atoms with Gasteiger partial charge in [0.15, 0.2) is 16.6 Å². The number of furan rings is 1. The highest BCUT2D eigenvalue weighted by Crippen LogP contribution is 2.29. The van der Waals surface area contributed by atoms with Crippen LogP contribution in [0.3, 0.4) is 0 Å². The van der Waals surface area contributed by atoms with Crippen molar-refractivity contribution in [2.75, 3.05) is 32.8 Å². The first-order valence-electron chi connectivity index (χ1n) is 13.1. The molecule has 1 saturated heterocycles. The maximum atomic E-state index is 12.1. The van der Waals surface area contributed by atoms with Crippen LogP contribution in [-0.4, -0.2) is 54.7 Å². The summed E-state index contributed by atoms with van der Waals surface area (Å²) >= 11 is 0. The maximum absolute atomic E-state index is 12.1. The number of rotatable bonds is 6. The van der Waals surface area contributed by atoms with E-state index in [0.717, 1.165) is 28.2 Å². The van der Waals surface area contributed by atoms with Crippen LogP contribution in [-0.2, 0) is 11.1 Å². The predicted octanol–water partition coefficient (Wildman–Crippen LogP) is 4.70. The number of nitrogens with zero attached hydrogens (tertiary/aromatic N) is 2. The molecule has 5 rings (SSSR count). The Morgan fingerprint density at radius 2 is 1.86 bits per heavy atom. The largest absolute Gasteiger partial charge is 0.449 e. The zero-order chi connectivity index (χ0) is 25.3. The third-order valence-electron chi connectivity index (χ3n) is 7.36. The van der Waals surface area contributed by atoms with Crippen molar-refractivity contribution < 1.29 is 13.8 Å². The van der Waals surface area contributed by atoms with Gasteiger partial charge in [-0.25, -0.2) is 0 Å². The summed E-state index contributed by atoms with van der Waals surface area (Å²) < 4.78 is 16.8. The lowest BCUT2D eigenvalue weighted by molar-refractivity contribution is 0.0925. The number of hydrogen-bond acceptors (Lipinski definition) is 6. The Bertz CT molecular complexity index is 1100. The molecule has 7 nitrogen and oxygen atoms in total. The number of fused-ring (bicyclic) bond motifs is 1. The Balaban J connectivity index is 0.000000187. The second-order valence-electron chi connectivity index (χ2n) is 9.74. The van der Waals surface area contributed by atoms with Crippen molar-refractivity contribution in [3.8, 4) is 0 Å². The third-order valence-corrected chi connectivity index (χ3v) is 8.39. The number of amides is 1. The highest BCUT2D eigenvalue weighted by Gasteiger charge is 2.25. The summed E-state index contributed by atoms with van der Waals surface area (Å²) in [4.78, 5) is 18.8. The number of pyridine rings is 1. The van der Waals surface area contributed by atoms with E-state index < -0.39 is 7.80 Å². The first-order chi connectivity index (χ1) is 17.5. The molecule has 1 unspecified atom stereocenters. The van der Waals surface area contributed by atoms with Crippen molar-refractivity contribution >= 4 is 30.0 Å². The van der Waals surface area contributed by atoms with Gasteiger partial charge in [-0.2, -0.15) is 0 Å². The van der Waals surface area contributed by atoms with E-state index in [4.69, 9.17) is 4.42 Å². The minimum absolute atomic E-state index is 0.260. The molecule has 0 radical (unpaired) electrons. The number of nitrogens with one attached hydrogen (secondary N) is 2. The average molecular weight is 510 g/mol. The number of aromatic nitrogens is 1. The van der Waals surface area contributed by atoms with Crippen molar-refractivity contribution in [2.24, 2.45) is 5.92 Å². The van der Waals surface area contributed by atoms with Crippen LogP contribution >= 0.6 is 7.80 Å². The van der Waals surface area contributed by atoms with Crippen molar-refractivity contribution in [3.05, 3.63) is 60.1 Å². The first kappa shape index (κ1) is 26.5. The minimum atomic E-state index is -1.34. The van der Waals surface area contributed by atoms with Gasteiger partial charge in [-0.3, -0.25) is 14.7 Å². The monoisotopic (exact) mass is 509 g/mol. The second kappa shape index (κ2) is 13.1. The Labute approximate surface area is 214 Å². The molecular weight excluding hydrogens is 471 g/mol. The van der Waals surface area contributed by atoms with Crippen LogP contribution in [0.5, 0.6) is 0 Å². The first-order valence-corrected chi connectivity index (χ1v) is 14.8. The van der Waals surface area contributed by atoms with E-state index in [1.54, 1.807) is 31.2 Å². The standard InChI is InChI=1S/C16H13N2O3P.C12H24N2/c1-22(20)13-4-2-11(3-5-13)9-18-16(19)14-8-12-6-7-17-10-15(12)21-14;1-2-11-3-5-12(6-4-11)14-9-7-13-8-10-14/h2-8,10H,9H2,1H3;11-13H,2-10H2,1H3/p+1. The van der Waals surface area contributed by atoms with Crippen LogP contribution < -0.4 is 15.9 Å². The Kier molecular flexibility index (Phi) is 9.62. The van der Waals surface area contributed by atoms with Gasteiger partial charge in [-0.15, -0.1) is 0 Å². The Morgan fingerprint density at radius 1 is 1.14 bits per heavy atom. The van der Waals surface area contributed by atoms with Crippen LogP contribution in [0, 0.1) is 5.92 Å². The van der Waals surface area contributed by atoms with Gasteiger partial charge < -0.3 is 15.1 Å². The molecule has 1 amide bonds. The molecule has 2 N–H and O–H groups in total. The maximum Gasteiger partial charge on any atom is 0.373 e. The van der Waals surface area contributed by atoms with Gasteiger partial charge in [-0.1, -0.05) is 30.0 Å². The van der Waals surface area contributed by atoms with Gasteiger partial charge in [0.05, 0.1) is 6.20 Å². The highest BCUT2D eigenvalue weighted by molar-refractivity contribution is 7.52. The average Bonchev–Trinajstić information content (AvgIpc) is 3.37. The van der Waals surface area contributed by atoms with Crippen molar-refractivity contribution in [1.29, 1.82) is 0 Å². The number of piperazine rings is 1. The molecule has 2 fully saturated rings. The van der Waals surface area contributed by atoms with E-state index >= 15 is 0 Å². The molecule has 0 spiro atoms. The van der Waals surface area contributed by atoms with Gasteiger partial charge in [0, 0.05) is 50.3 Å². The lowest BCUT2D eigenvalue weighted by Crippen LogP contribution is -2.49. The smallest absolute Gasteiger partial charge is 0.373 e. The quantitative estimate of drug-likeness (QED) is 0.469. The van der Waals surface area contributed by atoms with E-state index in [0.29, 0.717) is 12.1 Å².